The summed E-state index contributed by atoms with van der Waals surface area (Å²) in [6, 6.07) is -3.48. The number of hydrogen-bond acceptors (Lipinski definition) is 7. The van der Waals surface area contributed by atoms with Gasteiger partial charge in [-0.3, -0.25) is 0 Å². The van der Waals surface area contributed by atoms with E-state index in [9.17, 15) is 24.3 Å². The van der Waals surface area contributed by atoms with Crippen molar-refractivity contribution in [1.82, 2.24) is 11.5 Å². The third-order valence-electron chi connectivity index (χ3n) is 1.85. The van der Waals surface area contributed by atoms with Crippen molar-refractivity contribution in [2.45, 2.75) is 24.9 Å². The molecular weight excluding hydrogens is 308 g/mol. The van der Waals surface area contributed by atoms with Crippen molar-refractivity contribution < 1.29 is 54.7 Å². The topological polar surface area (TPSA) is 190 Å². The third kappa shape index (κ3) is 7.36. The number of carbonyl (C=O) groups excluding carboxylic acids is 2. The van der Waals surface area contributed by atoms with E-state index < -0.39 is 42.4 Å². The van der Waals surface area contributed by atoms with Crippen LogP contribution in [0.2, 0.25) is 0 Å². The third-order valence-corrected chi connectivity index (χ3v) is 2.08. The fraction of sp³-hybridized carbons (Fsp3) is 0.500. The molecule has 0 aromatic rings. The van der Waals surface area contributed by atoms with Gasteiger partial charge in [0, 0.05) is 0 Å². The van der Waals surface area contributed by atoms with Crippen LogP contribution < -0.4 is 16.6 Å². The molecule has 0 aliphatic rings. The maximum absolute atomic E-state index is 11.2. The van der Waals surface area contributed by atoms with Crippen LogP contribution in [0.1, 0.15) is 12.8 Å². The summed E-state index contributed by atoms with van der Waals surface area (Å²) in [6.45, 7) is 0. The fourth-order valence-electron chi connectivity index (χ4n) is 1.03. The van der Waals surface area contributed by atoms with Crippen LogP contribution in [0.3, 0.4) is 0 Å². The molecule has 0 bridgehead atoms. The van der Waals surface area contributed by atoms with Crippen LogP contribution in [-0.4, -0.2) is 46.2 Å². The van der Waals surface area contributed by atoms with Crippen LogP contribution in [0.5, 0.6) is 0 Å². The predicted molar refractivity (Wildman–Crippen MR) is 52.3 cm³/mol. The van der Waals surface area contributed by atoms with Gasteiger partial charge in [-0.1, -0.05) is 0 Å². The smallest absolute Gasteiger partial charge is 0.369 e. The van der Waals surface area contributed by atoms with Crippen LogP contribution in [0.25, 0.3) is 0 Å². The van der Waals surface area contributed by atoms with Crippen LogP contribution >= 0.6 is 0 Å². The molecule has 0 aliphatic carbocycles. The minimum absolute atomic E-state index is 0. The number of carbonyl (C=O) groups is 4. The summed E-state index contributed by atoms with van der Waals surface area (Å²) in [5.41, 5.74) is 0. The normalized spacial score (nSPS) is 11.3. The molecule has 10 nitrogen and oxygen atoms in total. The minimum atomic E-state index is -2.06. The van der Waals surface area contributed by atoms with E-state index in [0.717, 1.165) is 0 Å². The second kappa shape index (κ2) is 9.28. The number of aliphatic carboxylic acids is 3. The standard InChI is InChI=1S/C8H11NO8.Fe.H3N/c10-4(11)2-1-3(6(12)13)9-5(7(14)15)8(16)17;;/h3,5,9H,1-2H2,(H,10,11)(H,12,13)(H,14,15)(H,16,17);;1H3/q;+1;/p-1. The number of hydrogen-bond donors (Lipinski definition) is 4. The molecule has 0 fully saturated rings. The molecular formula is C8H13FeN2O8. The summed E-state index contributed by atoms with van der Waals surface area (Å²) in [4.78, 5) is 42.6. The van der Waals surface area contributed by atoms with E-state index in [1.807, 2.05) is 5.32 Å². The first kappa shape index (κ1) is 19.7. The number of rotatable bonds is 8. The molecule has 0 amide bonds. The zero-order valence-corrected chi connectivity index (χ0v) is 10.9. The molecule has 0 rings (SSSR count). The monoisotopic (exact) mass is 321 g/mol. The largest absolute Gasteiger partial charge is 0.369 e. The minimum Gasteiger partial charge on any atom is -0.369 e. The van der Waals surface area contributed by atoms with Crippen molar-refractivity contribution in [1.29, 1.82) is 0 Å². The molecule has 0 aromatic heterocycles. The summed E-state index contributed by atoms with van der Waals surface area (Å²) in [7, 11) is 0. The van der Waals surface area contributed by atoms with Crippen molar-refractivity contribution in [3.05, 3.63) is 0 Å². The molecule has 0 aliphatic heterocycles. The average molecular weight is 321 g/mol. The Kier molecular flexibility index (Phi) is 9.60. The van der Waals surface area contributed by atoms with E-state index in [2.05, 4.69) is 20.2 Å². The van der Waals surface area contributed by atoms with E-state index >= 15 is 0 Å². The van der Waals surface area contributed by atoms with E-state index in [1.54, 1.807) is 0 Å². The molecule has 0 aromatic carbocycles. The molecule has 0 spiro atoms. The zero-order chi connectivity index (χ0) is 14.3. The number of quaternary nitrogens is 1. The zero-order valence-electron chi connectivity index (χ0n) is 9.77. The van der Waals surface area contributed by atoms with Crippen molar-refractivity contribution in [3.63, 3.8) is 0 Å². The van der Waals surface area contributed by atoms with Crippen molar-refractivity contribution in [3.8, 4) is 0 Å². The fourth-order valence-corrected chi connectivity index (χ4v) is 1.19. The van der Waals surface area contributed by atoms with Crippen LogP contribution in [-0.2, 0) is 39.3 Å². The van der Waals surface area contributed by atoms with Gasteiger partial charge < -0.3 is 6.15 Å². The molecule has 1 atom stereocenters. The molecule has 0 saturated carbocycles. The Balaban J connectivity index is 0. The second-order valence-electron chi connectivity index (χ2n) is 3.13. The molecule has 0 heterocycles. The Labute approximate surface area is 115 Å². The van der Waals surface area contributed by atoms with Gasteiger partial charge >= 0.3 is 109 Å². The van der Waals surface area contributed by atoms with Crippen molar-refractivity contribution >= 4 is 23.9 Å². The molecule has 7 N–H and O–H groups in total. The van der Waals surface area contributed by atoms with Gasteiger partial charge in [-0.25, -0.2) is 0 Å². The van der Waals surface area contributed by atoms with E-state index in [0.29, 0.717) is 0 Å². The molecule has 1 unspecified atom stereocenters. The van der Waals surface area contributed by atoms with Crippen LogP contribution in [0, 0.1) is 0 Å². The van der Waals surface area contributed by atoms with Gasteiger partial charge in [0.25, 0.3) is 0 Å². The summed E-state index contributed by atoms with van der Waals surface area (Å²) in [5.74, 6) is -5.99. The molecule has 19 heavy (non-hydrogen) atoms. The van der Waals surface area contributed by atoms with E-state index in [4.69, 9.17) is 10.2 Å². The van der Waals surface area contributed by atoms with Gasteiger partial charge in [0.2, 0.25) is 0 Å². The van der Waals surface area contributed by atoms with Gasteiger partial charge in [0.15, 0.2) is 0 Å². The molecule has 111 valence electrons. The number of carboxylic acid groups (broad SMARTS) is 3. The maximum atomic E-state index is 11.2. The summed E-state index contributed by atoms with van der Waals surface area (Å²) in [5, 5.41) is 29.4. The number of carboxylic acids is 3. The Hall–Kier alpha value is -1.68. The Morgan fingerprint density at radius 3 is 2.00 bits per heavy atom. The van der Waals surface area contributed by atoms with Gasteiger partial charge in [-0.2, -0.15) is 0 Å². The van der Waals surface area contributed by atoms with E-state index in [-0.39, 0.29) is 12.6 Å². The molecule has 0 saturated heterocycles. The Morgan fingerprint density at radius 1 is 1.21 bits per heavy atom. The first-order valence-corrected chi connectivity index (χ1v) is 4.97. The molecule has 11 heteroatoms. The Bertz CT molecular complexity index is 347. The summed E-state index contributed by atoms with van der Waals surface area (Å²) >= 11 is 2.78. The first-order chi connectivity index (χ1) is 8.29. The second-order valence-corrected chi connectivity index (χ2v) is 3.36. The van der Waals surface area contributed by atoms with Gasteiger partial charge in [0.05, 0.1) is 0 Å². The van der Waals surface area contributed by atoms with Crippen molar-refractivity contribution in [2.75, 3.05) is 0 Å². The first-order valence-electron chi connectivity index (χ1n) is 4.52. The van der Waals surface area contributed by atoms with Crippen LogP contribution in [0.15, 0.2) is 0 Å². The molecule has 0 radical (unpaired) electrons. The van der Waals surface area contributed by atoms with E-state index in [1.165, 1.54) is 0 Å². The quantitative estimate of drug-likeness (QED) is 0.274. The average Bonchev–Trinajstić information content (AvgIpc) is 2.26. The van der Waals surface area contributed by atoms with Gasteiger partial charge in [-0.15, -0.1) is 0 Å². The summed E-state index contributed by atoms with van der Waals surface area (Å²) < 4.78 is 4.05. The van der Waals surface area contributed by atoms with Gasteiger partial charge in [0.1, 0.15) is 0 Å². The Morgan fingerprint density at radius 2 is 1.68 bits per heavy atom. The van der Waals surface area contributed by atoms with Crippen LogP contribution in [0.4, 0.5) is 0 Å². The number of nitrogens with one attached hydrogen (secondary N) is 1. The maximum Gasteiger partial charge on any atom is -0.369 e. The predicted octanol–water partition coefficient (Wildman–Crippen LogP) is -2.61. The van der Waals surface area contributed by atoms with Crippen molar-refractivity contribution in [2.24, 2.45) is 0 Å². The SMILES string of the molecule is O=C([O-])CCC(NC(C(=O)O)C(=O)O)C(=O)[O][Fe].[NH4+]. The van der Waals surface area contributed by atoms with Gasteiger partial charge in [-0.05, 0) is 0 Å². The summed E-state index contributed by atoms with van der Waals surface area (Å²) in [6.07, 6.45) is -0.952.